The average molecular weight is 606 g/mol. The largest absolute Gasteiger partial charge is 0.512 e. The summed E-state index contributed by atoms with van der Waals surface area (Å²) in [6.45, 7) is 0.707. The van der Waals surface area contributed by atoms with Crippen LogP contribution in [0, 0.1) is 0 Å². The van der Waals surface area contributed by atoms with Gasteiger partial charge in [-0.25, -0.2) is 9.97 Å². The first-order valence-corrected chi connectivity index (χ1v) is 13.9. The van der Waals surface area contributed by atoms with Gasteiger partial charge in [0.05, 0.1) is 28.3 Å². The first-order valence-electron chi connectivity index (χ1n) is 12.2. The number of carbonyl (C=O) groups is 1. The van der Waals surface area contributed by atoms with Gasteiger partial charge in [-0.2, -0.15) is 23.3 Å². The fraction of sp³-hybridized carbons (Fsp3) is 0.240. The Hall–Kier alpha value is -4.13. The van der Waals surface area contributed by atoms with E-state index in [1.165, 1.54) is 13.1 Å². The van der Waals surface area contributed by atoms with Gasteiger partial charge in [-0.05, 0) is 35.3 Å². The highest BCUT2D eigenvalue weighted by Crippen LogP contribution is 2.37. The minimum Gasteiger partial charge on any atom is -0.354 e. The number of halogens is 4. The van der Waals surface area contributed by atoms with Gasteiger partial charge >= 0.3 is 14.2 Å². The van der Waals surface area contributed by atoms with Crippen LogP contribution in [0.2, 0.25) is 5.02 Å². The molecule has 1 amide bonds. The third kappa shape index (κ3) is 6.62. The maximum Gasteiger partial charge on any atom is 0.512 e. The van der Waals surface area contributed by atoms with Crippen LogP contribution in [0.5, 0.6) is 0 Å². The van der Waals surface area contributed by atoms with Crippen molar-refractivity contribution in [2.75, 3.05) is 24.3 Å². The van der Waals surface area contributed by atoms with Crippen molar-refractivity contribution in [2.24, 2.45) is 0 Å². The van der Waals surface area contributed by atoms with E-state index >= 15 is 0 Å². The number of pyridine rings is 1. The molecule has 1 aromatic carbocycles. The summed E-state index contributed by atoms with van der Waals surface area (Å²) in [6.07, 6.45) is -0.263. The molecule has 4 aromatic rings. The molecule has 212 valence electrons. The number of anilines is 4. The van der Waals surface area contributed by atoms with E-state index in [0.29, 0.717) is 41.7 Å². The van der Waals surface area contributed by atoms with Crippen molar-refractivity contribution >= 4 is 48.7 Å². The second-order valence-corrected chi connectivity index (χ2v) is 10.5. The van der Waals surface area contributed by atoms with E-state index in [2.05, 4.69) is 36.0 Å². The number of aromatic nitrogens is 5. The summed E-state index contributed by atoms with van der Waals surface area (Å²) in [5.74, 6) is -1.42. The van der Waals surface area contributed by atoms with E-state index in [0.717, 1.165) is 0 Å². The minimum absolute atomic E-state index is 0.00794. The number of amides is 1. The van der Waals surface area contributed by atoms with Crippen LogP contribution in [0.1, 0.15) is 28.0 Å². The Kier molecular flexibility index (Phi) is 8.15. The predicted octanol–water partition coefficient (Wildman–Crippen LogP) is 5.92. The first-order chi connectivity index (χ1) is 19.6. The van der Waals surface area contributed by atoms with Gasteiger partial charge in [0.1, 0.15) is 18.0 Å². The van der Waals surface area contributed by atoms with E-state index in [-0.39, 0.29) is 35.1 Å². The molecule has 8 bridgehead atoms. The molecule has 8 rings (SSSR count). The number of aryl methyl sites for hydroxylation is 1. The zero-order valence-corrected chi connectivity index (χ0v) is 23.0. The molecular formula is C25H22ClF3N8O3P+. The lowest BCUT2D eigenvalue weighted by Gasteiger charge is -2.17. The molecule has 0 spiro atoms. The lowest BCUT2D eigenvalue weighted by atomic mass is 10.1. The van der Waals surface area contributed by atoms with Crippen LogP contribution in [0.4, 0.5) is 36.3 Å². The summed E-state index contributed by atoms with van der Waals surface area (Å²) in [6, 6.07) is 7.79. The van der Waals surface area contributed by atoms with Gasteiger partial charge in [0.15, 0.2) is 5.69 Å². The van der Waals surface area contributed by atoms with Crippen LogP contribution in [-0.4, -0.2) is 44.3 Å². The van der Waals surface area contributed by atoms with E-state index < -0.39 is 31.5 Å². The Morgan fingerprint density at radius 2 is 1.95 bits per heavy atom. The fourth-order valence-electron chi connectivity index (χ4n) is 3.97. The van der Waals surface area contributed by atoms with Gasteiger partial charge in [-0.1, -0.05) is 17.7 Å². The van der Waals surface area contributed by atoms with E-state index in [4.69, 9.17) is 16.1 Å². The molecular weight excluding hydrogens is 584 g/mol. The molecule has 16 heteroatoms. The Bertz CT molecular complexity index is 1630. The quantitative estimate of drug-likeness (QED) is 0.226. The van der Waals surface area contributed by atoms with Crippen molar-refractivity contribution < 1.29 is 27.1 Å². The van der Waals surface area contributed by atoms with Gasteiger partial charge in [0.2, 0.25) is 12.1 Å². The molecule has 3 N–H and O–H groups in total. The summed E-state index contributed by atoms with van der Waals surface area (Å²) in [5.41, 5.74) is 0.600. The smallest absolute Gasteiger partial charge is 0.354 e. The van der Waals surface area contributed by atoms with Crippen LogP contribution in [0.3, 0.4) is 0 Å². The highest BCUT2D eigenvalue weighted by atomic mass is 35.5. The summed E-state index contributed by atoms with van der Waals surface area (Å²) < 4.78 is 61.3. The highest BCUT2D eigenvalue weighted by Gasteiger charge is 2.36. The summed E-state index contributed by atoms with van der Waals surface area (Å²) >= 11 is 6.38. The van der Waals surface area contributed by atoms with Gasteiger partial charge in [0.25, 0.3) is 5.91 Å². The van der Waals surface area contributed by atoms with Crippen molar-refractivity contribution in [1.29, 1.82) is 0 Å². The van der Waals surface area contributed by atoms with Gasteiger partial charge in [0, 0.05) is 37.1 Å². The lowest BCUT2D eigenvalue weighted by Crippen LogP contribution is -2.21. The molecule has 4 aliphatic rings. The molecule has 0 fully saturated rings. The maximum absolute atomic E-state index is 13.9. The van der Waals surface area contributed by atoms with Crippen molar-refractivity contribution in [3.63, 3.8) is 0 Å². The highest BCUT2D eigenvalue weighted by molar-refractivity contribution is 7.38. The van der Waals surface area contributed by atoms with Crippen molar-refractivity contribution in [3.05, 3.63) is 70.8 Å². The van der Waals surface area contributed by atoms with Crippen molar-refractivity contribution in [1.82, 2.24) is 30.0 Å². The predicted molar refractivity (Wildman–Crippen MR) is 146 cm³/mol. The third-order valence-corrected chi connectivity index (χ3v) is 7.38. The van der Waals surface area contributed by atoms with Crippen molar-refractivity contribution in [2.45, 2.75) is 25.3 Å². The van der Waals surface area contributed by atoms with Gasteiger partial charge in [-0.3, -0.25) is 9.48 Å². The molecule has 7 heterocycles. The number of benzene rings is 1. The van der Waals surface area contributed by atoms with Crippen LogP contribution in [0.25, 0.3) is 11.3 Å². The summed E-state index contributed by atoms with van der Waals surface area (Å²) in [5, 5.41) is 12.4. The fourth-order valence-corrected chi connectivity index (χ4v) is 5.14. The maximum atomic E-state index is 13.9. The Labute approximate surface area is 237 Å². The van der Waals surface area contributed by atoms with Crippen LogP contribution >= 0.6 is 19.6 Å². The molecule has 11 nitrogen and oxygen atoms in total. The van der Waals surface area contributed by atoms with Gasteiger partial charge in [-0.15, -0.1) is 4.52 Å². The number of carbonyl (C=O) groups excluding carboxylic acids is 1. The summed E-state index contributed by atoms with van der Waals surface area (Å²) in [4.78, 5) is 24.9. The molecule has 41 heavy (non-hydrogen) atoms. The van der Waals surface area contributed by atoms with Crippen LogP contribution in [-0.2, 0) is 28.0 Å². The molecule has 0 saturated heterocycles. The number of nitrogens with one attached hydrogen (secondary N) is 3. The lowest BCUT2D eigenvalue weighted by molar-refractivity contribution is -0.137. The zero-order valence-electron chi connectivity index (χ0n) is 21.4. The Morgan fingerprint density at radius 3 is 2.71 bits per heavy atom. The molecule has 0 aliphatic carbocycles. The Balaban J connectivity index is 1.60. The third-order valence-electron chi connectivity index (χ3n) is 5.97. The Morgan fingerprint density at radius 1 is 1.15 bits per heavy atom. The van der Waals surface area contributed by atoms with Gasteiger partial charge < -0.3 is 16.0 Å². The van der Waals surface area contributed by atoms with E-state index in [1.54, 1.807) is 41.3 Å². The minimum atomic E-state index is -4.81. The number of rotatable bonds is 1. The number of alkyl halides is 3. The number of hydrogen-bond donors (Lipinski definition) is 3. The monoisotopic (exact) mass is 605 g/mol. The molecule has 3 aromatic heterocycles. The first kappa shape index (κ1) is 28.4. The molecule has 1 unspecified atom stereocenters. The second kappa shape index (κ2) is 11.8. The molecule has 4 aliphatic heterocycles. The molecule has 0 saturated carbocycles. The second-order valence-electron chi connectivity index (χ2n) is 8.86. The molecule has 1 atom stereocenters. The zero-order chi connectivity index (χ0) is 29.1. The van der Waals surface area contributed by atoms with E-state index in [9.17, 15) is 22.5 Å². The number of hydrogen-bond acceptors (Lipinski definition) is 9. The average Bonchev–Trinajstić information content (AvgIpc) is 3.40. The summed E-state index contributed by atoms with van der Waals surface area (Å²) in [7, 11) is -0.628. The normalized spacial score (nSPS) is 14.9. The number of nitrogens with zero attached hydrogens (tertiary/aromatic N) is 5. The standard InChI is InChI=1S/C25H21ClF3N8O3P/c1-30-23(38)21-20-6-5-18(33-21)15-10-32-37(12-15)7-2-8-40-41(39)13-14-3-4-19(17(26)9-14)35-24-31-11-16(25(27,28)29)22(34-20)36-24/h3-6,9-12H,2,7-8,13H2,1H3,(H2-,30,31,34,35,36,38)/p+1. The van der Waals surface area contributed by atoms with Crippen LogP contribution in [0.15, 0.2) is 48.9 Å². The van der Waals surface area contributed by atoms with Crippen molar-refractivity contribution in [3.8, 4) is 11.3 Å². The topological polar surface area (TPSA) is 136 Å². The van der Waals surface area contributed by atoms with Crippen LogP contribution < -0.4 is 16.0 Å². The SMILES string of the molecule is CNC(=O)c1nc2ccc1Nc1nc(ncc1C(F)(F)F)Nc1ccc(cc1Cl)C[P+](=O)OCCCn1cc-2cn1. The van der Waals surface area contributed by atoms with E-state index in [1.807, 2.05) is 0 Å². The molecule has 0 radical (unpaired) electrons.